The first-order chi connectivity index (χ1) is 13.1. The van der Waals surface area contributed by atoms with Gasteiger partial charge in [0.15, 0.2) is 5.82 Å². The lowest BCUT2D eigenvalue weighted by atomic mass is 10.0. The molecule has 0 bridgehead atoms. The molecule has 146 valence electrons. The molecule has 1 aliphatic carbocycles. The zero-order valence-corrected chi connectivity index (χ0v) is 16.3. The summed E-state index contributed by atoms with van der Waals surface area (Å²) >= 11 is 0. The number of halogens is 1. The molecular formula is C20H29FN6. The number of nitrogens with zero attached hydrogens (tertiary/aromatic N) is 6. The van der Waals surface area contributed by atoms with E-state index < -0.39 is 0 Å². The van der Waals surface area contributed by atoms with Gasteiger partial charge in [-0.25, -0.2) is 9.07 Å². The van der Waals surface area contributed by atoms with Gasteiger partial charge in [-0.3, -0.25) is 9.80 Å². The van der Waals surface area contributed by atoms with Gasteiger partial charge in [-0.2, -0.15) is 0 Å². The Labute approximate surface area is 160 Å². The molecule has 1 unspecified atom stereocenters. The summed E-state index contributed by atoms with van der Waals surface area (Å²) in [4.78, 5) is 4.96. The van der Waals surface area contributed by atoms with Crippen LogP contribution in [0.1, 0.15) is 63.0 Å². The highest BCUT2D eigenvalue weighted by molar-refractivity contribution is 5.27. The van der Waals surface area contributed by atoms with E-state index in [0.29, 0.717) is 5.56 Å². The summed E-state index contributed by atoms with van der Waals surface area (Å²) in [7, 11) is 0. The maximum absolute atomic E-state index is 14.7. The summed E-state index contributed by atoms with van der Waals surface area (Å²) in [6, 6.07) is 7.63. The molecule has 2 heterocycles. The zero-order valence-electron chi connectivity index (χ0n) is 16.3. The second-order valence-corrected chi connectivity index (χ2v) is 8.01. The quantitative estimate of drug-likeness (QED) is 0.807. The van der Waals surface area contributed by atoms with Crippen molar-refractivity contribution in [3.8, 4) is 0 Å². The summed E-state index contributed by atoms with van der Waals surface area (Å²) in [5.41, 5.74) is 0.656. The Morgan fingerprint density at radius 3 is 2.41 bits per heavy atom. The van der Waals surface area contributed by atoms with Crippen molar-refractivity contribution in [3.63, 3.8) is 0 Å². The predicted octanol–water partition coefficient (Wildman–Crippen LogP) is 3.04. The molecule has 1 saturated heterocycles. The van der Waals surface area contributed by atoms with Gasteiger partial charge in [0, 0.05) is 37.8 Å². The van der Waals surface area contributed by atoms with E-state index in [0.717, 1.165) is 38.0 Å². The Morgan fingerprint density at radius 2 is 1.74 bits per heavy atom. The van der Waals surface area contributed by atoms with Gasteiger partial charge in [-0.15, -0.1) is 5.10 Å². The molecule has 7 heteroatoms. The highest BCUT2D eigenvalue weighted by Crippen LogP contribution is 2.32. The van der Waals surface area contributed by atoms with E-state index in [1.807, 2.05) is 16.8 Å². The van der Waals surface area contributed by atoms with Crippen molar-refractivity contribution in [2.24, 2.45) is 0 Å². The van der Waals surface area contributed by atoms with Gasteiger partial charge >= 0.3 is 0 Å². The number of tetrazole rings is 1. The van der Waals surface area contributed by atoms with Crippen LogP contribution in [0.4, 0.5) is 4.39 Å². The first kappa shape index (κ1) is 18.5. The van der Waals surface area contributed by atoms with Gasteiger partial charge in [0.2, 0.25) is 0 Å². The first-order valence-electron chi connectivity index (χ1n) is 10.2. The van der Waals surface area contributed by atoms with Gasteiger partial charge in [-0.05, 0) is 43.2 Å². The second-order valence-electron chi connectivity index (χ2n) is 8.01. The molecule has 2 aromatic rings. The van der Waals surface area contributed by atoms with Crippen LogP contribution in [-0.4, -0.2) is 62.2 Å². The molecule has 4 rings (SSSR count). The molecule has 0 radical (unpaired) electrons. The molecule has 1 aliphatic heterocycles. The average Bonchev–Trinajstić information content (AvgIpc) is 3.36. The van der Waals surface area contributed by atoms with E-state index >= 15 is 0 Å². The van der Waals surface area contributed by atoms with Gasteiger partial charge in [0.05, 0.1) is 6.04 Å². The lowest BCUT2D eigenvalue weighted by molar-refractivity contribution is 0.0757. The maximum atomic E-state index is 14.7. The van der Waals surface area contributed by atoms with Crippen molar-refractivity contribution in [2.75, 3.05) is 26.2 Å². The Hall–Kier alpha value is -1.86. The highest BCUT2D eigenvalue weighted by Gasteiger charge is 2.34. The normalized spacial score (nSPS) is 21.2. The fourth-order valence-corrected chi connectivity index (χ4v) is 4.57. The largest absolute Gasteiger partial charge is 0.298 e. The van der Waals surface area contributed by atoms with Crippen molar-refractivity contribution in [1.82, 2.24) is 30.0 Å². The Morgan fingerprint density at radius 1 is 1.04 bits per heavy atom. The van der Waals surface area contributed by atoms with Crippen molar-refractivity contribution >= 4 is 0 Å². The fourth-order valence-electron chi connectivity index (χ4n) is 4.57. The minimum absolute atomic E-state index is 0.129. The number of rotatable bonds is 5. The number of piperazine rings is 1. The van der Waals surface area contributed by atoms with Crippen LogP contribution in [-0.2, 0) is 0 Å². The van der Waals surface area contributed by atoms with Crippen molar-refractivity contribution in [3.05, 3.63) is 41.5 Å². The number of benzene rings is 1. The smallest absolute Gasteiger partial charge is 0.173 e. The van der Waals surface area contributed by atoms with Crippen LogP contribution in [0.25, 0.3) is 0 Å². The zero-order chi connectivity index (χ0) is 18.8. The third-order valence-corrected chi connectivity index (χ3v) is 6.01. The van der Waals surface area contributed by atoms with Crippen LogP contribution >= 0.6 is 0 Å². The maximum Gasteiger partial charge on any atom is 0.173 e. The fraction of sp³-hybridized carbons (Fsp3) is 0.650. The average molecular weight is 372 g/mol. The van der Waals surface area contributed by atoms with Crippen LogP contribution in [0.2, 0.25) is 0 Å². The summed E-state index contributed by atoms with van der Waals surface area (Å²) in [5, 5.41) is 12.4. The minimum atomic E-state index is -0.255. The van der Waals surface area contributed by atoms with Crippen LogP contribution in [0.15, 0.2) is 24.3 Å². The van der Waals surface area contributed by atoms with E-state index in [-0.39, 0.29) is 17.9 Å². The van der Waals surface area contributed by atoms with E-state index in [4.69, 9.17) is 0 Å². The molecule has 27 heavy (non-hydrogen) atoms. The second kappa shape index (κ2) is 8.02. The van der Waals surface area contributed by atoms with Gasteiger partial charge < -0.3 is 0 Å². The highest BCUT2D eigenvalue weighted by atomic mass is 19.1. The molecule has 0 N–H and O–H groups in total. The van der Waals surface area contributed by atoms with Gasteiger partial charge in [0.1, 0.15) is 11.9 Å². The molecule has 0 amide bonds. The number of hydrogen-bond acceptors (Lipinski definition) is 5. The summed E-state index contributed by atoms with van der Waals surface area (Å²) in [5.74, 6) is 0.531. The lowest BCUT2D eigenvalue weighted by Gasteiger charge is -2.41. The molecule has 2 fully saturated rings. The SMILES string of the molecule is CC(C)n1nnnc1C(c1ccccc1F)N1CCN(C2CCCC2)CC1. The monoisotopic (exact) mass is 372 g/mol. The van der Waals surface area contributed by atoms with E-state index in [2.05, 4.69) is 39.2 Å². The summed E-state index contributed by atoms with van der Waals surface area (Å²) < 4.78 is 16.5. The van der Waals surface area contributed by atoms with Crippen LogP contribution in [0.5, 0.6) is 0 Å². The van der Waals surface area contributed by atoms with Crippen molar-refractivity contribution in [1.29, 1.82) is 0 Å². The predicted molar refractivity (Wildman–Crippen MR) is 102 cm³/mol. The van der Waals surface area contributed by atoms with Crippen molar-refractivity contribution < 1.29 is 4.39 Å². The van der Waals surface area contributed by atoms with Crippen LogP contribution in [0.3, 0.4) is 0 Å². The molecular weight excluding hydrogens is 343 g/mol. The van der Waals surface area contributed by atoms with Crippen LogP contribution < -0.4 is 0 Å². The molecule has 2 aliphatic rings. The van der Waals surface area contributed by atoms with Gasteiger partial charge in [0.25, 0.3) is 0 Å². The molecule has 0 spiro atoms. The van der Waals surface area contributed by atoms with E-state index in [1.165, 1.54) is 31.7 Å². The third kappa shape index (κ3) is 3.75. The van der Waals surface area contributed by atoms with Crippen LogP contribution in [0, 0.1) is 5.82 Å². The van der Waals surface area contributed by atoms with Gasteiger partial charge in [-0.1, -0.05) is 31.0 Å². The van der Waals surface area contributed by atoms with E-state index in [9.17, 15) is 4.39 Å². The Kier molecular flexibility index (Phi) is 5.50. The third-order valence-electron chi connectivity index (χ3n) is 6.01. The lowest BCUT2D eigenvalue weighted by Crippen LogP contribution is -2.51. The number of hydrogen-bond donors (Lipinski definition) is 0. The van der Waals surface area contributed by atoms with Crippen molar-refractivity contribution in [2.45, 2.75) is 57.7 Å². The molecule has 1 aromatic heterocycles. The molecule has 1 atom stereocenters. The Balaban J connectivity index is 1.61. The Bertz CT molecular complexity index is 746. The first-order valence-corrected chi connectivity index (χ1v) is 10.2. The minimum Gasteiger partial charge on any atom is -0.298 e. The summed E-state index contributed by atoms with van der Waals surface area (Å²) in [6.45, 7) is 7.96. The molecule has 6 nitrogen and oxygen atoms in total. The van der Waals surface area contributed by atoms with E-state index in [1.54, 1.807) is 6.07 Å². The molecule has 1 aromatic carbocycles. The molecule has 1 saturated carbocycles. The standard InChI is InChI=1S/C20H29FN6/c1-15(2)27-20(22-23-24-27)19(17-9-5-6-10-18(17)21)26-13-11-25(12-14-26)16-7-3-4-8-16/h5-6,9-10,15-16,19H,3-4,7-8,11-14H2,1-2H3. The number of aromatic nitrogens is 4. The summed E-state index contributed by atoms with van der Waals surface area (Å²) in [6.07, 6.45) is 5.35. The topological polar surface area (TPSA) is 50.1 Å².